The van der Waals surface area contributed by atoms with Gasteiger partial charge < -0.3 is 9.90 Å². The lowest BCUT2D eigenvalue weighted by Gasteiger charge is -2.39. The molecule has 0 aliphatic carbocycles. The van der Waals surface area contributed by atoms with E-state index in [2.05, 4.69) is 5.32 Å². The van der Waals surface area contributed by atoms with Gasteiger partial charge in [0, 0.05) is 22.0 Å². The highest BCUT2D eigenvalue weighted by Gasteiger charge is 2.37. The number of halogens is 2. The van der Waals surface area contributed by atoms with Crippen molar-refractivity contribution < 1.29 is 9.90 Å². The summed E-state index contributed by atoms with van der Waals surface area (Å²) in [7, 11) is 0. The normalized spacial score (nSPS) is 27.6. The second-order valence-electron chi connectivity index (χ2n) is 5.82. The summed E-state index contributed by atoms with van der Waals surface area (Å²) in [5.41, 5.74) is 2.06. The van der Waals surface area contributed by atoms with Gasteiger partial charge in [-0.25, -0.2) is 0 Å². The van der Waals surface area contributed by atoms with Gasteiger partial charge in [0.1, 0.15) is 6.29 Å². The molecule has 3 rings (SSSR count). The largest absolute Gasteiger partial charge is 0.391 e. The van der Waals surface area contributed by atoms with E-state index in [1.54, 1.807) is 0 Å². The lowest BCUT2D eigenvalue weighted by molar-refractivity contribution is -0.113. The highest BCUT2D eigenvalue weighted by Crippen LogP contribution is 2.39. The molecule has 1 fully saturated rings. The average molecular weight is 350 g/mol. The lowest BCUT2D eigenvalue weighted by Crippen LogP contribution is -2.50. The van der Waals surface area contributed by atoms with Crippen molar-refractivity contribution in [1.82, 2.24) is 5.32 Å². The number of rotatable bonds is 3. The number of aliphatic hydroxyl groups is 1. The summed E-state index contributed by atoms with van der Waals surface area (Å²) in [5, 5.41) is 14.8. The number of benzene rings is 2. The molecule has 4 atom stereocenters. The third-order valence-corrected chi connectivity index (χ3v) is 4.82. The number of carbonyl (C=O) groups excluding carboxylic acids is 1. The van der Waals surface area contributed by atoms with E-state index in [-0.39, 0.29) is 12.0 Å². The van der Waals surface area contributed by atoms with E-state index >= 15 is 0 Å². The zero-order chi connectivity index (χ0) is 16.4. The van der Waals surface area contributed by atoms with Crippen LogP contribution >= 0.6 is 23.2 Å². The van der Waals surface area contributed by atoms with Crippen molar-refractivity contribution in [2.24, 2.45) is 0 Å². The fraction of sp³-hybridized carbons (Fsp3) is 0.278. The first-order valence-electron chi connectivity index (χ1n) is 7.49. The van der Waals surface area contributed by atoms with E-state index in [4.69, 9.17) is 23.2 Å². The molecule has 23 heavy (non-hydrogen) atoms. The summed E-state index contributed by atoms with van der Waals surface area (Å²) in [6.07, 6.45) is 0.534. The Kier molecular flexibility index (Phi) is 5.02. The van der Waals surface area contributed by atoms with E-state index < -0.39 is 12.1 Å². The van der Waals surface area contributed by atoms with Gasteiger partial charge in [-0.05, 0) is 41.8 Å². The van der Waals surface area contributed by atoms with Crippen molar-refractivity contribution in [3.05, 3.63) is 69.7 Å². The molecule has 1 saturated heterocycles. The standard InChI is InChI=1S/C18H17Cl2NO2/c19-13-6-4-11(5-7-13)18-15(9-17(23)16(10-22)21-18)12-2-1-3-14(20)8-12/h1-8,10,15-18,21,23H,9H2. The minimum atomic E-state index is -0.722. The Hall–Kier alpha value is -1.39. The predicted octanol–water partition coefficient (Wildman–Crippen LogP) is 3.74. The maximum atomic E-state index is 11.2. The summed E-state index contributed by atoms with van der Waals surface area (Å²) in [6, 6.07) is 14.5. The smallest absolute Gasteiger partial charge is 0.139 e. The van der Waals surface area contributed by atoms with Crippen molar-refractivity contribution in [3.8, 4) is 0 Å². The molecule has 2 aromatic rings. The summed E-state index contributed by atoms with van der Waals surface area (Å²) >= 11 is 12.1. The van der Waals surface area contributed by atoms with Crippen LogP contribution in [0, 0.1) is 0 Å². The summed E-state index contributed by atoms with van der Waals surface area (Å²) in [5.74, 6) is 0.0149. The van der Waals surface area contributed by atoms with Crippen molar-refractivity contribution in [1.29, 1.82) is 0 Å². The minimum absolute atomic E-state index is 0.0149. The molecule has 3 nitrogen and oxygen atoms in total. The Morgan fingerprint density at radius 2 is 1.78 bits per heavy atom. The molecule has 2 N–H and O–H groups in total. The summed E-state index contributed by atoms with van der Waals surface area (Å²) in [4.78, 5) is 11.2. The lowest BCUT2D eigenvalue weighted by atomic mass is 9.78. The van der Waals surface area contributed by atoms with Crippen LogP contribution in [0.25, 0.3) is 0 Å². The van der Waals surface area contributed by atoms with Crippen LogP contribution in [-0.2, 0) is 4.79 Å². The van der Waals surface area contributed by atoms with Gasteiger partial charge in [-0.3, -0.25) is 5.32 Å². The molecule has 0 radical (unpaired) electrons. The van der Waals surface area contributed by atoms with Crippen molar-refractivity contribution in [2.45, 2.75) is 30.5 Å². The molecule has 120 valence electrons. The molecule has 0 bridgehead atoms. The summed E-state index contributed by atoms with van der Waals surface area (Å²) < 4.78 is 0. The summed E-state index contributed by atoms with van der Waals surface area (Å²) in [6.45, 7) is 0. The molecular weight excluding hydrogens is 333 g/mol. The van der Waals surface area contributed by atoms with Crippen LogP contribution in [-0.4, -0.2) is 23.5 Å². The van der Waals surface area contributed by atoms with E-state index in [0.717, 1.165) is 17.4 Å². The monoisotopic (exact) mass is 349 g/mol. The molecule has 1 aliphatic heterocycles. The first kappa shape index (κ1) is 16.5. The zero-order valence-corrected chi connectivity index (χ0v) is 13.8. The molecule has 5 heteroatoms. The van der Waals surface area contributed by atoms with Crippen LogP contribution in [0.15, 0.2) is 48.5 Å². The molecule has 1 aliphatic rings. The third-order valence-electron chi connectivity index (χ3n) is 4.34. The SMILES string of the molecule is O=CC1NC(c2ccc(Cl)cc2)C(c2cccc(Cl)c2)CC1O. The van der Waals surface area contributed by atoms with E-state index in [9.17, 15) is 9.90 Å². The van der Waals surface area contributed by atoms with Crippen LogP contribution in [0.4, 0.5) is 0 Å². The molecule has 4 unspecified atom stereocenters. The Morgan fingerprint density at radius 3 is 2.43 bits per heavy atom. The second kappa shape index (κ2) is 7.02. The minimum Gasteiger partial charge on any atom is -0.391 e. The number of aliphatic hydroxyl groups excluding tert-OH is 1. The highest BCUT2D eigenvalue weighted by atomic mass is 35.5. The molecule has 1 heterocycles. The van der Waals surface area contributed by atoms with E-state index in [1.165, 1.54) is 0 Å². The third kappa shape index (κ3) is 3.59. The Bertz CT molecular complexity index is 690. The van der Waals surface area contributed by atoms with E-state index in [0.29, 0.717) is 16.5 Å². The molecule has 0 aromatic heterocycles. The average Bonchev–Trinajstić information content (AvgIpc) is 2.55. The van der Waals surface area contributed by atoms with Crippen LogP contribution in [0.1, 0.15) is 29.5 Å². The first-order chi connectivity index (χ1) is 11.1. The fourth-order valence-corrected chi connectivity index (χ4v) is 3.50. The van der Waals surface area contributed by atoms with Gasteiger partial charge in [-0.2, -0.15) is 0 Å². The van der Waals surface area contributed by atoms with Crippen LogP contribution < -0.4 is 5.32 Å². The second-order valence-corrected chi connectivity index (χ2v) is 6.70. The number of carbonyl (C=O) groups is 1. The van der Waals surface area contributed by atoms with Crippen LogP contribution in [0.2, 0.25) is 10.0 Å². The van der Waals surface area contributed by atoms with Gasteiger partial charge in [0.2, 0.25) is 0 Å². The Morgan fingerprint density at radius 1 is 1.04 bits per heavy atom. The topological polar surface area (TPSA) is 49.3 Å². The molecule has 0 saturated carbocycles. The quantitative estimate of drug-likeness (QED) is 0.829. The zero-order valence-electron chi connectivity index (χ0n) is 12.3. The molecule has 0 amide bonds. The van der Waals surface area contributed by atoms with Crippen molar-refractivity contribution in [3.63, 3.8) is 0 Å². The van der Waals surface area contributed by atoms with Crippen molar-refractivity contribution >= 4 is 29.5 Å². The Balaban J connectivity index is 1.99. The van der Waals surface area contributed by atoms with Gasteiger partial charge >= 0.3 is 0 Å². The number of piperidine rings is 1. The van der Waals surface area contributed by atoms with Gasteiger partial charge in [-0.1, -0.05) is 47.5 Å². The molecule has 0 spiro atoms. The van der Waals surface area contributed by atoms with Crippen LogP contribution in [0.3, 0.4) is 0 Å². The van der Waals surface area contributed by atoms with Gasteiger partial charge in [0.05, 0.1) is 12.1 Å². The molecular formula is C18H17Cl2NO2. The first-order valence-corrected chi connectivity index (χ1v) is 8.24. The maximum Gasteiger partial charge on any atom is 0.139 e. The fourth-order valence-electron chi connectivity index (χ4n) is 3.17. The van der Waals surface area contributed by atoms with Gasteiger partial charge in [-0.15, -0.1) is 0 Å². The van der Waals surface area contributed by atoms with Crippen LogP contribution in [0.5, 0.6) is 0 Å². The maximum absolute atomic E-state index is 11.2. The van der Waals surface area contributed by atoms with Gasteiger partial charge in [0.25, 0.3) is 0 Å². The van der Waals surface area contributed by atoms with Gasteiger partial charge in [0.15, 0.2) is 0 Å². The number of hydrogen-bond acceptors (Lipinski definition) is 3. The number of hydrogen-bond donors (Lipinski definition) is 2. The number of aldehydes is 1. The van der Waals surface area contributed by atoms with E-state index in [1.807, 2.05) is 48.5 Å². The molecule has 2 aromatic carbocycles. The van der Waals surface area contributed by atoms with Crippen molar-refractivity contribution in [2.75, 3.05) is 0 Å². The highest BCUT2D eigenvalue weighted by molar-refractivity contribution is 6.30. The predicted molar refractivity (Wildman–Crippen MR) is 92.0 cm³/mol. The Labute approximate surface area is 145 Å². The number of nitrogens with one attached hydrogen (secondary N) is 1.